The van der Waals surface area contributed by atoms with Gasteiger partial charge in [-0.25, -0.2) is 27.5 Å². The van der Waals surface area contributed by atoms with Crippen LogP contribution in [0.5, 0.6) is 5.75 Å². The lowest BCUT2D eigenvalue weighted by atomic mass is 9.94. The van der Waals surface area contributed by atoms with Gasteiger partial charge < -0.3 is 24.8 Å². The first-order valence-electron chi connectivity index (χ1n) is 12.5. The Labute approximate surface area is 217 Å². The van der Waals surface area contributed by atoms with E-state index in [2.05, 4.69) is 20.1 Å². The van der Waals surface area contributed by atoms with E-state index in [0.29, 0.717) is 49.1 Å². The zero-order valence-corrected chi connectivity index (χ0v) is 21.0. The van der Waals surface area contributed by atoms with E-state index in [1.54, 1.807) is 9.80 Å². The molecule has 0 amide bonds. The zero-order valence-electron chi connectivity index (χ0n) is 21.0. The summed E-state index contributed by atoms with van der Waals surface area (Å²) in [6, 6.07) is 1.19. The van der Waals surface area contributed by atoms with Crippen molar-refractivity contribution in [1.29, 1.82) is 0 Å². The molecule has 2 N–H and O–H groups in total. The van der Waals surface area contributed by atoms with Crippen molar-refractivity contribution < 1.29 is 26.8 Å². The smallest absolute Gasteiger partial charge is 0.324 e. The molecule has 2 aromatic heterocycles. The van der Waals surface area contributed by atoms with Crippen molar-refractivity contribution in [2.24, 2.45) is 11.7 Å². The summed E-state index contributed by atoms with van der Waals surface area (Å²) in [6.07, 6.45) is 2.37. The molecule has 0 radical (unpaired) electrons. The van der Waals surface area contributed by atoms with Crippen LogP contribution in [0.2, 0.25) is 0 Å². The Morgan fingerprint density at radius 2 is 1.79 bits per heavy atom. The Bertz CT molecular complexity index is 1260. The molecule has 2 saturated heterocycles. The second-order valence-electron chi connectivity index (χ2n) is 10.1. The van der Waals surface area contributed by atoms with Crippen LogP contribution in [-0.4, -0.2) is 65.1 Å². The summed E-state index contributed by atoms with van der Waals surface area (Å²) in [5.41, 5.74) is 6.19. The molecule has 0 aliphatic carbocycles. The van der Waals surface area contributed by atoms with Crippen molar-refractivity contribution in [2.75, 3.05) is 42.6 Å². The number of halogens is 4. The average Bonchev–Trinajstić information content (AvgIpc) is 3.53. The van der Waals surface area contributed by atoms with E-state index in [1.807, 2.05) is 13.8 Å². The van der Waals surface area contributed by atoms with Gasteiger partial charge >= 0.3 is 6.01 Å². The summed E-state index contributed by atoms with van der Waals surface area (Å²) < 4.78 is 67.2. The van der Waals surface area contributed by atoms with Gasteiger partial charge in [-0.05, 0) is 18.1 Å². The van der Waals surface area contributed by atoms with Crippen LogP contribution in [0.15, 0.2) is 29.0 Å². The van der Waals surface area contributed by atoms with E-state index >= 15 is 0 Å². The van der Waals surface area contributed by atoms with Crippen LogP contribution in [0.4, 0.5) is 29.5 Å². The number of nitrogens with two attached hydrogens (primary N) is 1. The Hall–Kier alpha value is -3.48. The lowest BCUT2D eigenvalue weighted by Crippen LogP contribution is -2.44. The molecule has 1 aromatic carbocycles. The summed E-state index contributed by atoms with van der Waals surface area (Å²) in [5.74, 6) is -2.64. The molecule has 4 heterocycles. The van der Waals surface area contributed by atoms with E-state index < -0.39 is 35.6 Å². The second-order valence-corrected chi connectivity index (χ2v) is 10.1. The fourth-order valence-corrected chi connectivity index (χ4v) is 4.80. The van der Waals surface area contributed by atoms with Crippen LogP contribution in [0.25, 0.3) is 0 Å². The Balaban J connectivity index is 1.14. The minimum Gasteiger partial charge on any atom is -0.490 e. The van der Waals surface area contributed by atoms with E-state index in [9.17, 15) is 17.6 Å². The molecular weight excluding hydrogens is 506 g/mol. The number of aromatic nitrogens is 4. The predicted molar refractivity (Wildman–Crippen MR) is 130 cm³/mol. The lowest BCUT2D eigenvalue weighted by molar-refractivity contribution is 0.129. The van der Waals surface area contributed by atoms with Gasteiger partial charge in [-0.1, -0.05) is 19.0 Å². The molecule has 0 bridgehead atoms. The van der Waals surface area contributed by atoms with Crippen molar-refractivity contribution in [3.8, 4) is 5.75 Å². The number of rotatable bonds is 7. The minimum atomic E-state index is -1.25. The molecule has 0 spiro atoms. The third-order valence-electron chi connectivity index (χ3n) is 7.06. The van der Waals surface area contributed by atoms with Crippen LogP contribution in [0.1, 0.15) is 43.5 Å². The monoisotopic (exact) mass is 535 g/mol. The highest BCUT2D eigenvalue weighted by molar-refractivity contribution is 5.39. The van der Waals surface area contributed by atoms with E-state index in [1.165, 1.54) is 12.4 Å². The van der Waals surface area contributed by atoms with Crippen LogP contribution in [-0.2, 0) is 0 Å². The number of anilines is 2. The third kappa shape index (κ3) is 5.38. The van der Waals surface area contributed by atoms with Crippen LogP contribution < -0.4 is 20.3 Å². The number of benzene rings is 1. The number of nitrogens with zero attached hydrogens (tertiary/aromatic N) is 6. The highest BCUT2D eigenvalue weighted by Crippen LogP contribution is 2.32. The number of piperidine rings is 1. The highest BCUT2D eigenvalue weighted by atomic mass is 19.2. The number of alkyl halides is 1. The van der Waals surface area contributed by atoms with Gasteiger partial charge in [0.25, 0.3) is 0 Å². The predicted octanol–water partition coefficient (Wildman–Crippen LogP) is 3.57. The van der Waals surface area contributed by atoms with Crippen molar-refractivity contribution in [1.82, 2.24) is 20.1 Å². The van der Waals surface area contributed by atoms with Gasteiger partial charge in [0, 0.05) is 49.5 Å². The molecule has 38 heavy (non-hydrogen) atoms. The van der Waals surface area contributed by atoms with Gasteiger partial charge in [0.05, 0.1) is 25.5 Å². The van der Waals surface area contributed by atoms with Crippen molar-refractivity contribution in [3.63, 3.8) is 0 Å². The first kappa shape index (κ1) is 26.1. The van der Waals surface area contributed by atoms with Crippen LogP contribution >= 0.6 is 0 Å². The summed E-state index contributed by atoms with van der Waals surface area (Å²) >= 11 is 0. The Kier molecular flexibility index (Phi) is 7.37. The Morgan fingerprint density at radius 1 is 1.05 bits per heavy atom. The molecule has 2 aliphatic rings. The molecule has 2 aliphatic heterocycles. The average molecular weight is 536 g/mol. The van der Waals surface area contributed by atoms with Gasteiger partial charge in [-0.3, -0.25) is 0 Å². The molecule has 4 atom stereocenters. The topological polar surface area (TPSA) is 106 Å². The fraction of sp³-hybridized carbons (Fsp3) is 0.520. The van der Waals surface area contributed by atoms with Crippen LogP contribution in [0.3, 0.4) is 0 Å². The number of hydrogen-bond acceptors (Lipinski definition) is 9. The van der Waals surface area contributed by atoms with E-state index in [-0.39, 0.29) is 37.1 Å². The molecule has 9 nitrogen and oxygen atoms in total. The fourth-order valence-electron chi connectivity index (χ4n) is 4.80. The third-order valence-corrected chi connectivity index (χ3v) is 7.06. The quantitative estimate of drug-likeness (QED) is 0.359. The standard InChI is InChI=1S/C25H29F4N7O2/c1-13(2)23-33-25(38-34-23)35-4-3-14(21(29)10-35)12-37-15-7-31-24(32-8-15)36-9-17(22(30)11-36)16-5-19(27)20(28)6-18(16)26/h5-8,13-14,17,21-22H,3-4,9-12,30H2,1-2H3/t14-,17+,21-,22-/m0/s1. The van der Waals surface area contributed by atoms with Crippen LogP contribution in [0, 0.1) is 23.4 Å². The maximum absolute atomic E-state index is 14.9. The highest BCUT2D eigenvalue weighted by Gasteiger charge is 2.35. The summed E-state index contributed by atoms with van der Waals surface area (Å²) in [4.78, 5) is 16.4. The molecule has 3 aromatic rings. The molecule has 204 valence electrons. The van der Waals surface area contributed by atoms with E-state index in [4.69, 9.17) is 15.0 Å². The largest absolute Gasteiger partial charge is 0.490 e. The summed E-state index contributed by atoms with van der Waals surface area (Å²) in [6.45, 7) is 5.33. The molecule has 0 unspecified atom stereocenters. The molecule has 0 saturated carbocycles. The van der Waals surface area contributed by atoms with Gasteiger partial charge in [0.1, 0.15) is 12.0 Å². The summed E-state index contributed by atoms with van der Waals surface area (Å²) in [7, 11) is 0. The van der Waals surface area contributed by atoms with Crippen molar-refractivity contribution in [2.45, 2.75) is 44.3 Å². The molecular formula is C25H29F4N7O2. The second kappa shape index (κ2) is 10.7. The van der Waals surface area contributed by atoms with Gasteiger partial charge in [0.15, 0.2) is 23.2 Å². The van der Waals surface area contributed by atoms with Gasteiger partial charge in [-0.2, -0.15) is 4.98 Å². The van der Waals surface area contributed by atoms with E-state index in [0.717, 1.165) is 6.07 Å². The minimum absolute atomic E-state index is 0.0186. The first-order valence-corrected chi connectivity index (χ1v) is 12.5. The van der Waals surface area contributed by atoms with Crippen molar-refractivity contribution in [3.05, 3.63) is 53.4 Å². The number of ether oxygens (including phenoxy) is 1. The molecule has 5 rings (SSSR count). The maximum atomic E-state index is 14.9. The molecule has 2 fully saturated rings. The SMILES string of the molecule is CC(C)c1noc(N2CC[C@@H](COc3cnc(N4C[C@H](c5cc(F)c(F)cc5F)[C@@H](N)C4)nc3)[C@@H](F)C2)n1. The van der Waals surface area contributed by atoms with Gasteiger partial charge in [0.2, 0.25) is 5.95 Å². The van der Waals surface area contributed by atoms with Crippen molar-refractivity contribution >= 4 is 12.0 Å². The van der Waals surface area contributed by atoms with Gasteiger partial charge in [-0.15, -0.1) is 0 Å². The Morgan fingerprint density at radius 3 is 2.47 bits per heavy atom. The zero-order chi connectivity index (χ0) is 27.0. The maximum Gasteiger partial charge on any atom is 0.324 e. The normalized spacial score (nSPS) is 23.9. The molecule has 13 heteroatoms. The number of hydrogen-bond donors (Lipinski definition) is 1. The lowest BCUT2D eigenvalue weighted by Gasteiger charge is -2.33. The first-order chi connectivity index (χ1) is 18.2. The summed E-state index contributed by atoms with van der Waals surface area (Å²) in [5, 5.41) is 3.94.